The number of nitrogens with zero attached hydrogens (tertiary/aromatic N) is 3. The molecule has 1 aromatic heterocycles. The Kier molecular flexibility index (Phi) is 4.84. The van der Waals surface area contributed by atoms with Gasteiger partial charge >= 0.3 is 5.69 Å². The number of rotatable bonds is 6. The molecule has 9 nitrogen and oxygen atoms in total. The molecule has 0 saturated carbocycles. The van der Waals surface area contributed by atoms with Gasteiger partial charge in [-0.15, -0.1) is 0 Å². The lowest BCUT2D eigenvalue weighted by molar-refractivity contribution is -0.386. The number of nitro benzene ring substituents is 1. The van der Waals surface area contributed by atoms with Crippen LogP contribution in [0.15, 0.2) is 40.9 Å². The summed E-state index contributed by atoms with van der Waals surface area (Å²) in [5.41, 5.74) is -0.341. The Bertz CT molecular complexity index is 1010. The summed E-state index contributed by atoms with van der Waals surface area (Å²) in [6.45, 7) is 1.55. The van der Waals surface area contributed by atoms with Crippen LogP contribution >= 0.6 is 0 Å². The van der Waals surface area contributed by atoms with E-state index < -0.39 is 22.1 Å². The highest BCUT2D eigenvalue weighted by molar-refractivity contribution is 6.07. The number of phenolic OH excluding ortho intramolecular Hbond substituents is 1. The van der Waals surface area contributed by atoms with Crippen molar-refractivity contribution in [3.05, 3.63) is 63.5 Å². The largest absolute Gasteiger partial charge is 0.499 e. The monoisotopic (exact) mass is 369 g/mol. The normalized spacial score (nSPS) is 10.6. The molecule has 1 N–H and O–H groups in total. The highest BCUT2D eigenvalue weighted by atomic mass is 16.6. The first-order valence-electron chi connectivity index (χ1n) is 7.88. The number of carbonyl (C=O) groups is 1. The van der Waals surface area contributed by atoms with Gasteiger partial charge in [0, 0.05) is 18.9 Å². The summed E-state index contributed by atoms with van der Waals surface area (Å²) in [7, 11) is 1.25. The van der Waals surface area contributed by atoms with Crippen LogP contribution in [0, 0.1) is 17.0 Å². The number of benzene rings is 2. The molecule has 0 bridgehead atoms. The minimum Gasteiger partial charge on any atom is -0.499 e. The van der Waals surface area contributed by atoms with Crippen molar-refractivity contribution in [3.8, 4) is 22.9 Å². The Labute approximate surface area is 153 Å². The molecule has 0 aliphatic rings. The molecule has 0 radical (unpaired) electrons. The minimum atomic E-state index is -0.827. The minimum absolute atomic E-state index is 0.00897. The van der Waals surface area contributed by atoms with Gasteiger partial charge in [0.25, 0.3) is 0 Å². The first-order chi connectivity index (χ1) is 12.9. The van der Waals surface area contributed by atoms with Gasteiger partial charge in [-0.3, -0.25) is 14.9 Å². The third-order valence-electron chi connectivity index (χ3n) is 3.90. The van der Waals surface area contributed by atoms with Gasteiger partial charge in [-0.1, -0.05) is 35.5 Å². The molecule has 3 aromatic rings. The third kappa shape index (κ3) is 3.47. The smallest absolute Gasteiger partial charge is 0.326 e. The van der Waals surface area contributed by atoms with Gasteiger partial charge in [0.2, 0.25) is 17.5 Å². The molecule has 0 amide bonds. The molecule has 1 heterocycles. The van der Waals surface area contributed by atoms with Gasteiger partial charge in [-0.2, -0.15) is 4.98 Å². The Balaban J connectivity index is 2.24. The lowest BCUT2D eigenvalue weighted by atomic mass is 9.95. The molecule has 0 spiro atoms. The summed E-state index contributed by atoms with van der Waals surface area (Å²) in [6.07, 6.45) is -0.0999. The lowest BCUT2D eigenvalue weighted by Crippen LogP contribution is -2.10. The fourth-order valence-electron chi connectivity index (χ4n) is 2.70. The zero-order chi connectivity index (χ0) is 19.6. The van der Waals surface area contributed by atoms with E-state index in [9.17, 15) is 20.0 Å². The second-order valence-corrected chi connectivity index (χ2v) is 5.68. The Morgan fingerprint density at radius 1 is 1.33 bits per heavy atom. The summed E-state index contributed by atoms with van der Waals surface area (Å²) in [5, 5.41) is 25.6. The molecule has 0 unspecified atom stereocenters. The molecule has 0 fully saturated rings. The van der Waals surface area contributed by atoms with Crippen molar-refractivity contribution in [2.75, 3.05) is 7.11 Å². The number of methoxy groups -OCH3 is 1. The molecule has 138 valence electrons. The molecule has 0 saturated heterocycles. The predicted octanol–water partition coefficient (Wildman–Crippen LogP) is 3.09. The van der Waals surface area contributed by atoms with Gasteiger partial charge in [-0.25, -0.2) is 0 Å². The molecule has 9 heteroatoms. The van der Waals surface area contributed by atoms with Crippen LogP contribution in [0.4, 0.5) is 5.69 Å². The van der Waals surface area contributed by atoms with Crippen molar-refractivity contribution in [2.45, 2.75) is 13.3 Å². The SMILES string of the molecule is COc1cc(-c2noc(C)n2)c(C(=O)Cc2ccccc2)c([N+](=O)[O-])c1O. The van der Waals surface area contributed by atoms with Crippen LogP contribution < -0.4 is 4.74 Å². The van der Waals surface area contributed by atoms with Gasteiger partial charge < -0.3 is 14.4 Å². The summed E-state index contributed by atoms with van der Waals surface area (Å²) in [4.78, 5) is 27.8. The number of hydrogen-bond acceptors (Lipinski definition) is 8. The van der Waals surface area contributed by atoms with E-state index in [4.69, 9.17) is 9.26 Å². The number of nitro groups is 1. The average Bonchev–Trinajstić information content (AvgIpc) is 3.08. The van der Waals surface area contributed by atoms with Gasteiger partial charge in [0.05, 0.1) is 12.0 Å². The first-order valence-corrected chi connectivity index (χ1v) is 7.88. The predicted molar refractivity (Wildman–Crippen MR) is 93.8 cm³/mol. The van der Waals surface area contributed by atoms with Crippen molar-refractivity contribution in [1.82, 2.24) is 10.1 Å². The fourth-order valence-corrected chi connectivity index (χ4v) is 2.70. The Morgan fingerprint density at radius 2 is 2.04 bits per heavy atom. The summed E-state index contributed by atoms with van der Waals surface area (Å²) >= 11 is 0. The Morgan fingerprint density at radius 3 is 2.59 bits per heavy atom. The van der Waals surface area contributed by atoms with E-state index in [0.29, 0.717) is 5.56 Å². The molecular weight excluding hydrogens is 354 g/mol. The maximum atomic E-state index is 12.9. The number of Topliss-reactive ketones (excluding diaryl/α,β-unsaturated/α-hetero) is 1. The van der Waals surface area contributed by atoms with Crippen molar-refractivity contribution in [3.63, 3.8) is 0 Å². The number of aromatic nitrogens is 2. The van der Waals surface area contributed by atoms with E-state index in [2.05, 4.69) is 10.1 Å². The van der Waals surface area contributed by atoms with Gasteiger partial charge in [0.1, 0.15) is 5.56 Å². The van der Waals surface area contributed by atoms with E-state index in [-0.39, 0.29) is 35.0 Å². The number of aryl methyl sites for hydroxylation is 1. The molecule has 0 atom stereocenters. The molecule has 0 aliphatic heterocycles. The lowest BCUT2D eigenvalue weighted by Gasteiger charge is -2.11. The highest BCUT2D eigenvalue weighted by Crippen LogP contribution is 2.44. The van der Waals surface area contributed by atoms with Crippen LogP contribution in [0.25, 0.3) is 11.4 Å². The zero-order valence-corrected chi connectivity index (χ0v) is 14.5. The van der Waals surface area contributed by atoms with E-state index in [1.807, 2.05) is 0 Å². The van der Waals surface area contributed by atoms with Crippen molar-refractivity contribution < 1.29 is 24.1 Å². The van der Waals surface area contributed by atoms with Gasteiger partial charge in [-0.05, 0) is 11.6 Å². The second-order valence-electron chi connectivity index (χ2n) is 5.68. The third-order valence-corrected chi connectivity index (χ3v) is 3.90. The number of ether oxygens (including phenoxy) is 1. The maximum absolute atomic E-state index is 12.9. The number of aromatic hydroxyl groups is 1. The maximum Gasteiger partial charge on any atom is 0.326 e. The zero-order valence-electron chi connectivity index (χ0n) is 14.5. The van der Waals surface area contributed by atoms with E-state index >= 15 is 0 Å². The number of phenols is 1. The molecule has 27 heavy (non-hydrogen) atoms. The van der Waals surface area contributed by atoms with E-state index in [1.165, 1.54) is 13.2 Å². The number of ketones is 1. The number of carbonyl (C=O) groups excluding carboxylic acids is 1. The van der Waals surface area contributed by atoms with E-state index in [0.717, 1.165) is 0 Å². The molecule has 2 aromatic carbocycles. The average molecular weight is 369 g/mol. The van der Waals surface area contributed by atoms with Crippen LogP contribution in [0.2, 0.25) is 0 Å². The molecular formula is C18H15N3O6. The summed E-state index contributed by atoms with van der Waals surface area (Å²) in [6, 6.07) is 10.0. The van der Waals surface area contributed by atoms with Crippen molar-refractivity contribution >= 4 is 11.5 Å². The van der Waals surface area contributed by atoms with E-state index in [1.54, 1.807) is 37.3 Å². The topological polar surface area (TPSA) is 129 Å². The summed E-state index contributed by atoms with van der Waals surface area (Å²) < 4.78 is 9.94. The first kappa shape index (κ1) is 18.1. The van der Waals surface area contributed by atoms with Gasteiger partial charge in [0.15, 0.2) is 11.5 Å². The van der Waals surface area contributed by atoms with Crippen LogP contribution in [0.3, 0.4) is 0 Å². The van der Waals surface area contributed by atoms with Crippen LogP contribution in [-0.2, 0) is 6.42 Å². The standard InChI is InChI=1S/C18H15N3O6/c1-10-19-18(20-27-10)12-9-14(26-2)17(23)16(21(24)25)15(12)13(22)8-11-6-4-3-5-7-11/h3-7,9,23H,8H2,1-2H3. The van der Waals surface area contributed by atoms with Crippen molar-refractivity contribution in [1.29, 1.82) is 0 Å². The van der Waals surface area contributed by atoms with Crippen molar-refractivity contribution in [2.24, 2.45) is 0 Å². The van der Waals surface area contributed by atoms with Crippen LogP contribution in [0.1, 0.15) is 21.8 Å². The molecule has 0 aliphatic carbocycles. The Hall–Kier alpha value is -3.75. The van der Waals surface area contributed by atoms with Crippen LogP contribution in [0.5, 0.6) is 11.5 Å². The second kappa shape index (κ2) is 7.24. The summed E-state index contributed by atoms with van der Waals surface area (Å²) in [5.74, 6) is -1.26. The fraction of sp³-hybridized carbons (Fsp3) is 0.167. The number of hydrogen-bond donors (Lipinski definition) is 1. The molecule has 3 rings (SSSR count). The highest BCUT2D eigenvalue weighted by Gasteiger charge is 2.33. The quantitative estimate of drug-likeness (QED) is 0.399. The van der Waals surface area contributed by atoms with Crippen LogP contribution in [-0.4, -0.2) is 33.1 Å².